The zero-order valence-corrected chi connectivity index (χ0v) is 11.3. The first-order chi connectivity index (χ1) is 9.52. The van der Waals surface area contributed by atoms with Crippen LogP contribution in [0.15, 0.2) is 12.4 Å². The van der Waals surface area contributed by atoms with E-state index in [0.717, 1.165) is 4.88 Å². The van der Waals surface area contributed by atoms with E-state index >= 15 is 0 Å². The van der Waals surface area contributed by atoms with Crippen molar-refractivity contribution in [3.05, 3.63) is 23.0 Å². The van der Waals surface area contributed by atoms with Crippen LogP contribution in [0.5, 0.6) is 0 Å². The number of carboxylic acid groups (broad SMARTS) is 1. The Kier molecular flexibility index (Phi) is 4.25. The van der Waals surface area contributed by atoms with Gasteiger partial charge in [0.2, 0.25) is 0 Å². The van der Waals surface area contributed by atoms with Crippen molar-refractivity contribution in [3.63, 3.8) is 0 Å². The minimum absolute atomic E-state index is 0.149. The van der Waals surface area contributed by atoms with Gasteiger partial charge in [0.25, 0.3) is 0 Å². The summed E-state index contributed by atoms with van der Waals surface area (Å²) in [7, 11) is 0. The first-order valence-corrected chi connectivity index (χ1v) is 6.42. The van der Waals surface area contributed by atoms with Gasteiger partial charge in [0.05, 0.1) is 12.7 Å². The number of nitrogens with zero attached hydrogens (tertiary/aromatic N) is 4. The molecule has 0 unspecified atom stereocenters. The molecule has 0 aliphatic rings. The van der Waals surface area contributed by atoms with E-state index in [4.69, 9.17) is 5.11 Å². The highest BCUT2D eigenvalue weighted by Gasteiger charge is 2.07. The first-order valence-electron chi connectivity index (χ1n) is 5.61. The molecule has 20 heavy (non-hydrogen) atoms. The molecule has 0 spiro atoms. The second-order valence-corrected chi connectivity index (χ2v) is 5.12. The average Bonchev–Trinajstić information content (AvgIpc) is 2.96. The Balaban J connectivity index is 1.81. The SMILES string of the molecule is Cc1cnc(NC(=O)NCc2cn(CC(=O)O)nn2)s1. The Morgan fingerprint density at radius 3 is 2.95 bits per heavy atom. The molecule has 0 atom stereocenters. The lowest BCUT2D eigenvalue weighted by Crippen LogP contribution is -2.28. The molecule has 0 aliphatic heterocycles. The predicted octanol–water partition coefficient (Wildman–Crippen LogP) is 0.449. The number of aromatic nitrogens is 4. The molecule has 2 rings (SSSR count). The van der Waals surface area contributed by atoms with Gasteiger partial charge in [-0.2, -0.15) is 0 Å². The Bertz CT molecular complexity index is 622. The van der Waals surface area contributed by atoms with Crippen LogP contribution < -0.4 is 10.6 Å². The van der Waals surface area contributed by atoms with Crippen LogP contribution in [0.25, 0.3) is 0 Å². The number of anilines is 1. The first kappa shape index (κ1) is 13.9. The summed E-state index contributed by atoms with van der Waals surface area (Å²) in [5.41, 5.74) is 0.469. The Labute approximate surface area is 117 Å². The fourth-order valence-corrected chi connectivity index (χ4v) is 2.02. The lowest BCUT2D eigenvalue weighted by molar-refractivity contribution is -0.137. The van der Waals surface area contributed by atoms with E-state index in [0.29, 0.717) is 10.8 Å². The number of aryl methyl sites for hydroxylation is 1. The second-order valence-electron chi connectivity index (χ2n) is 3.88. The zero-order chi connectivity index (χ0) is 14.5. The van der Waals surface area contributed by atoms with E-state index in [-0.39, 0.29) is 13.1 Å². The van der Waals surface area contributed by atoms with Gasteiger partial charge in [0.1, 0.15) is 12.2 Å². The summed E-state index contributed by atoms with van der Waals surface area (Å²) in [5, 5.41) is 21.6. The number of carbonyl (C=O) groups excluding carboxylic acids is 1. The predicted molar refractivity (Wildman–Crippen MR) is 70.4 cm³/mol. The van der Waals surface area contributed by atoms with Gasteiger partial charge in [-0.25, -0.2) is 14.5 Å². The van der Waals surface area contributed by atoms with Crippen molar-refractivity contribution in [1.29, 1.82) is 0 Å². The topological polar surface area (TPSA) is 122 Å². The van der Waals surface area contributed by atoms with E-state index in [1.807, 2.05) is 6.92 Å². The zero-order valence-electron chi connectivity index (χ0n) is 10.5. The van der Waals surface area contributed by atoms with Crippen molar-refractivity contribution in [2.45, 2.75) is 20.0 Å². The van der Waals surface area contributed by atoms with E-state index in [9.17, 15) is 9.59 Å². The van der Waals surface area contributed by atoms with Gasteiger partial charge in [0.15, 0.2) is 5.13 Å². The van der Waals surface area contributed by atoms with E-state index < -0.39 is 12.0 Å². The number of carboxylic acids is 1. The van der Waals surface area contributed by atoms with Crippen LogP contribution in [-0.2, 0) is 17.9 Å². The van der Waals surface area contributed by atoms with E-state index in [1.165, 1.54) is 22.2 Å². The molecule has 2 aromatic rings. The molecule has 2 aromatic heterocycles. The van der Waals surface area contributed by atoms with Crippen LogP contribution in [0, 0.1) is 6.92 Å². The maximum absolute atomic E-state index is 11.6. The number of hydrogen-bond acceptors (Lipinski definition) is 6. The monoisotopic (exact) mass is 296 g/mol. The van der Waals surface area contributed by atoms with Crippen molar-refractivity contribution in [3.8, 4) is 0 Å². The standard InChI is InChI=1S/C10H12N6O3S/c1-6-2-12-10(20-6)13-9(19)11-3-7-4-16(15-14-7)5-8(17)18/h2,4H,3,5H2,1H3,(H,17,18)(H2,11,12,13,19). The quantitative estimate of drug-likeness (QED) is 0.736. The second kappa shape index (κ2) is 6.10. The molecular weight excluding hydrogens is 284 g/mol. The minimum Gasteiger partial charge on any atom is -0.480 e. The third kappa shape index (κ3) is 4.02. The Morgan fingerprint density at radius 1 is 1.50 bits per heavy atom. The number of carbonyl (C=O) groups is 2. The highest BCUT2D eigenvalue weighted by molar-refractivity contribution is 7.15. The molecule has 2 heterocycles. The number of thiazole rings is 1. The normalized spacial score (nSPS) is 10.2. The van der Waals surface area contributed by atoms with Gasteiger partial charge in [0, 0.05) is 11.1 Å². The van der Waals surface area contributed by atoms with Crippen LogP contribution in [0.1, 0.15) is 10.6 Å². The number of rotatable bonds is 5. The van der Waals surface area contributed by atoms with Gasteiger partial charge in [-0.1, -0.05) is 5.21 Å². The van der Waals surface area contributed by atoms with Crippen LogP contribution in [0.3, 0.4) is 0 Å². The number of urea groups is 1. The third-order valence-corrected chi connectivity index (χ3v) is 2.98. The van der Waals surface area contributed by atoms with Crippen molar-refractivity contribution >= 4 is 28.5 Å². The Hall–Kier alpha value is -2.49. The summed E-state index contributed by atoms with van der Waals surface area (Å²) in [5.74, 6) is -1.01. The summed E-state index contributed by atoms with van der Waals surface area (Å²) in [4.78, 5) is 27.0. The maximum atomic E-state index is 11.6. The van der Waals surface area contributed by atoms with Crippen LogP contribution in [0.4, 0.5) is 9.93 Å². The molecule has 106 valence electrons. The van der Waals surface area contributed by atoms with Crippen molar-refractivity contribution in [2.24, 2.45) is 0 Å². The molecule has 2 amide bonds. The highest BCUT2D eigenvalue weighted by atomic mass is 32.1. The summed E-state index contributed by atoms with van der Waals surface area (Å²) >= 11 is 1.37. The molecule has 10 heteroatoms. The largest absolute Gasteiger partial charge is 0.480 e. The summed E-state index contributed by atoms with van der Waals surface area (Å²) in [6.45, 7) is 1.77. The Morgan fingerprint density at radius 2 is 2.30 bits per heavy atom. The van der Waals surface area contributed by atoms with Gasteiger partial charge in [-0.3, -0.25) is 10.1 Å². The van der Waals surface area contributed by atoms with Gasteiger partial charge in [-0.05, 0) is 6.92 Å². The van der Waals surface area contributed by atoms with Crippen LogP contribution in [-0.4, -0.2) is 37.1 Å². The summed E-state index contributed by atoms with van der Waals surface area (Å²) in [6, 6.07) is -0.410. The molecule has 9 nitrogen and oxygen atoms in total. The molecule has 0 fully saturated rings. The molecule has 0 saturated heterocycles. The molecule has 0 aromatic carbocycles. The molecule has 0 radical (unpaired) electrons. The maximum Gasteiger partial charge on any atom is 0.325 e. The van der Waals surface area contributed by atoms with E-state index in [2.05, 4.69) is 25.9 Å². The fourth-order valence-electron chi connectivity index (χ4n) is 1.36. The number of nitrogens with one attached hydrogen (secondary N) is 2. The average molecular weight is 296 g/mol. The third-order valence-electron chi connectivity index (χ3n) is 2.16. The lowest BCUT2D eigenvalue weighted by Gasteiger charge is -2.02. The molecule has 0 bridgehead atoms. The molecule has 3 N–H and O–H groups in total. The number of hydrogen-bond donors (Lipinski definition) is 3. The summed E-state index contributed by atoms with van der Waals surface area (Å²) in [6.07, 6.45) is 3.12. The van der Waals surface area contributed by atoms with Crippen molar-refractivity contribution < 1.29 is 14.7 Å². The summed E-state index contributed by atoms with van der Waals surface area (Å²) < 4.78 is 1.18. The van der Waals surface area contributed by atoms with Gasteiger partial charge < -0.3 is 10.4 Å². The van der Waals surface area contributed by atoms with Crippen molar-refractivity contribution in [1.82, 2.24) is 25.3 Å². The highest BCUT2D eigenvalue weighted by Crippen LogP contribution is 2.15. The minimum atomic E-state index is -1.01. The number of aliphatic carboxylic acids is 1. The molecular formula is C10H12N6O3S. The molecule has 0 saturated carbocycles. The van der Waals surface area contributed by atoms with E-state index in [1.54, 1.807) is 6.20 Å². The van der Waals surface area contributed by atoms with Crippen molar-refractivity contribution in [2.75, 3.05) is 5.32 Å². The van der Waals surface area contributed by atoms with Crippen LogP contribution >= 0.6 is 11.3 Å². The smallest absolute Gasteiger partial charge is 0.325 e. The molecule has 0 aliphatic carbocycles. The number of amides is 2. The van der Waals surface area contributed by atoms with Crippen LogP contribution in [0.2, 0.25) is 0 Å². The fraction of sp³-hybridized carbons (Fsp3) is 0.300. The lowest BCUT2D eigenvalue weighted by atomic mass is 10.5. The van der Waals surface area contributed by atoms with Gasteiger partial charge >= 0.3 is 12.0 Å². The van der Waals surface area contributed by atoms with Gasteiger partial charge in [-0.15, -0.1) is 16.4 Å².